The van der Waals surface area contributed by atoms with Gasteiger partial charge in [0.1, 0.15) is 23.3 Å². The first-order valence-electron chi connectivity index (χ1n) is 10.6. The van der Waals surface area contributed by atoms with Crippen LogP contribution < -0.4 is 15.4 Å². The van der Waals surface area contributed by atoms with Crippen molar-refractivity contribution in [3.05, 3.63) is 102 Å². The number of nitrogens with one attached hydrogen (secondary N) is 2. The molecule has 0 saturated heterocycles. The Labute approximate surface area is 205 Å². The minimum absolute atomic E-state index is 0.101. The van der Waals surface area contributed by atoms with Gasteiger partial charge in [0.25, 0.3) is 0 Å². The van der Waals surface area contributed by atoms with Crippen LogP contribution in [0.5, 0.6) is 17.2 Å². The third-order valence-electron chi connectivity index (χ3n) is 4.82. The summed E-state index contributed by atoms with van der Waals surface area (Å²) in [7, 11) is 1.53. The fourth-order valence-corrected chi connectivity index (χ4v) is 3.07. The van der Waals surface area contributed by atoms with E-state index in [0.29, 0.717) is 22.7 Å². The van der Waals surface area contributed by atoms with Gasteiger partial charge in [-0.2, -0.15) is 18.4 Å². The Bertz CT molecular complexity index is 1330. The molecule has 0 aromatic heterocycles. The van der Waals surface area contributed by atoms with E-state index < -0.39 is 11.7 Å². The van der Waals surface area contributed by atoms with Crippen LogP contribution in [0.2, 0.25) is 0 Å². The Morgan fingerprint density at radius 3 is 1.69 bits per heavy atom. The number of nitrogens with zero attached hydrogens (tertiary/aromatic N) is 1. The second-order valence-corrected chi connectivity index (χ2v) is 7.45. The SMILES string of the molecule is COc1ccc(Nc2ccc(O)cc2)cc1C#N.Oc1ccc(Nc2cccc(C(F)(F)F)c2)cc1. The maximum atomic E-state index is 12.5. The van der Waals surface area contributed by atoms with E-state index in [0.717, 1.165) is 23.5 Å². The van der Waals surface area contributed by atoms with Gasteiger partial charge in [-0.3, -0.25) is 0 Å². The van der Waals surface area contributed by atoms with Crippen molar-refractivity contribution in [2.24, 2.45) is 0 Å². The van der Waals surface area contributed by atoms with E-state index in [4.69, 9.17) is 15.1 Å². The van der Waals surface area contributed by atoms with Crippen LogP contribution in [-0.2, 0) is 6.18 Å². The van der Waals surface area contributed by atoms with E-state index in [9.17, 15) is 18.3 Å². The van der Waals surface area contributed by atoms with Crippen molar-refractivity contribution in [2.45, 2.75) is 6.18 Å². The number of methoxy groups -OCH3 is 1. The second-order valence-electron chi connectivity index (χ2n) is 7.45. The smallest absolute Gasteiger partial charge is 0.416 e. The molecule has 4 aromatic carbocycles. The van der Waals surface area contributed by atoms with Crippen molar-refractivity contribution in [3.63, 3.8) is 0 Å². The normalized spacial score (nSPS) is 10.4. The molecule has 0 aliphatic rings. The number of phenols is 2. The van der Waals surface area contributed by atoms with Crippen molar-refractivity contribution in [3.8, 4) is 23.3 Å². The van der Waals surface area contributed by atoms with Gasteiger partial charge in [-0.15, -0.1) is 0 Å². The van der Waals surface area contributed by atoms with Crippen molar-refractivity contribution >= 4 is 22.7 Å². The first kappa shape index (κ1) is 25.8. The van der Waals surface area contributed by atoms with Gasteiger partial charge in [0, 0.05) is 22.7 Å². The summed E-state index contributed by atoms with van der Waals surface area (Å²) in [6, 6.07) is 25.1. The lowest BCUT2D eigenvalue weighted by atomic mass is 10.2. The van der Waals surface area contributed by atoms with Gasteiger partial charge in [0.05, 0.1) is 18.2 Å². The molecular formula is C27H22F3N3O3. The van der Waals surface area contributed by atoms with Crippen LogP contribution in [0.1, 0.15) is 11.1 Å². The molecule has 4 rings (SSSR count). The first-order valence-corrected chi connectivity index (χ1v) is 10.6. The molecule has 0 aliphatic heterocycles. The summed E-state index contributed by atoms with van der Waals surface area (Å²) in [6.45, 7) is 0. The molecule has 36 heavy (non-hydrogen) atoms. The van der Waals surface area contributed by atoms with Gasteiger partial charge in [0.15, 0.2) is 0 Å². The monoisotopic (exact) mass is 493 g/mol. The molecule has 6 nitrogen and oxygen atoms in total. The Morgan fingerprint density at radius 2 is 1.22 bits per heavy atom. The third kappa shape index (κ3) is 7.33. The van der Waals surface area contributed by atoms with Gasteiger partial charge in [0.2, 0.25) is 0 Å². The quantitative estimate of drug-likeness (QED) is 0.220. The minimum atomic E-state index is -4.35. The number of rotatable bonds is 5. The molecule has 0 saturated carbocycles. The highest BCUT2D eigenvalue weighted by molar-refractivity contribution is 5.64. The van der Waals surface area contributed by atoms with Crippen molar-refractivity contribution in [2.75, 3.05) is 17.7 Å². The fourth-order valence-electron chi connectivity index (χ4n) is 3.07. The van der Waals surface area contributed by atoms with Crippen LogP contribution in [-0.4, -0.2) is 17.3 Å². The average Bonchev–Trinajstić information content (AvgIpc) is 2.87. The Hall–Kier alpha value is -4.84. The number of halogens is 3. The zero-order valence-electron chi connectivity index (χ0n) is 19.0. The summed E-state index contributed by atoms with van der Waals surface area (Å²) in [5.74, 6) is 0.867. The van der Waals surface area contributed by atoms with E-state index >= 15 is 0 Å². The van der Waals surface area contributed by atoms with E-state index in [1.165, 1.54) is 25.3 Å². The van der Waals surface area contributed by atoms with Crippen LogP contribution in [0, 0.1) is 11.3 Å². The second kappa shape index (κ2) is 11.5. The number of hydrogen-bond acceptors (Lipinski definition) is 6. The predicted octanol–water partition coefficient (Wildman–Crippen LogP) is 7.17. The lowest BCUT2D eigenvalue weighted by Gasteiger charge is -2.10. The molecule has 0 amide bonds. The van der Waals surface area contributed by atoms with Crippen LogP contribution in [0.3, 0.4) is 0 Å². The topological polar surface area (TPSA) is 97.5 Å². The highest BCUT2D eigenvalue weighted by Gasteiger charge is 2.30. The van der Waals surface area contributed by atoms with E-state index in [1.54, 1.807) is 54.6 Å². The molecule has 0 fully saturated rings. The fraction of sp³-hybridized carbons (Fsp3) is 0.0741. The Morgan fingerprint density at radius 1 is 0.722 bits per heavy atom. The number of benzene rings is 4. The summed E-state index contributed by atoms with van der Waals surface area (Å²) in [5, 5.41) is 33.2. The number of aromatic hydroxyl groups is 2. The molecule has 0 bridgehead atoms. The summed E-state index contributed by atoms with van der Waals surface area (Å²) in [4.78, 5) is 0. The van der Waals surface area contributed by atoms with E-state index in [2.05, 4.69) is 16.7 Å². The molecule has 0 spiro atoms. The maximum Gasteiger partial charge on any atom is 0.416 e. The van der Waals surface area contributed by atoms with Gasteiger partial charge in [-0.05, 0) is 84.9 Å². The Kier molecular flexibility index (Phi) is 8.26. The van der Waals surface area contributed by atoms with E-state index in [1.807, 2.05) is 6.07 Å². The van der Waals surface area contributed by atoms with Gasteiger partial charge in [-0.25, -0.2) is 0 Å². The number of ether oxygens (including phenoxy) is 1. The molecule has 4 aromatic rings. The lowest BCUT2D eigenvalue weighted by Crippen LogP contribution is -2.05. The van der Waals surface area contributed by atoms with Gasteiger partial charge in [-0.1, -0.05) is 6.07 Å². The third-order valence-corrected chi connectivity index (χ3v) is 4.82. The number of anilines is 4. The summed E-state index contributed by atoms with van der Waals surface area (Å²) >= 11 is 0. The molecule has 0 unspecified atom stereocenters. The standard InChI is InChI=1S/C14H12N2O2.C13H10F3NO/c1-18-14-7-4-12(8-10(14)9-15)16-11-2-5-13(17)6-3-11;14-13(15,16)9-2-1-3-11(8-9)17-10-4-6-12(18)7-5-10/h2-8,16-17H,1H3;1-8,17-18H. The zero-order chi connectivity index (χ0) is 26.1. The first-order chi connectivity index (χ1) is 17.2. The molecule has 4 N–H and O–H groups in total. The van der Waals surface area contributed by atoms with Crippen molar-refractivity contribution < 1.29 is 28.1 Å². The number of phenolic OH excluding ortho intramolecular Hbond substituents is 2. The number of nitriles is 1. The Balaban J connectivity index is 0.000000201. The molecule has 0 heterocycles. The summed E-state index contributed by atoms with van der Waals surface area (Å²) in [5.41, 5.74) is 2.34. The van der Waals surface area contributed by atoms with E-state index in [-0.39, 0.29) is 11.5 Å². The van der Waals surface area contributed by atoms with Crippen molar-refractivity contribution in [1.29, 1.82) is 5.26 Å². The number of alkyl halides is 3. The van der Waals surface area contributed by atoms with Gasteiger partial charge >= 0.3 is 6.18 Å². The maximum absolute atomic E-state index is 12.5. The summed E-state index contributed by atoms with van der Waals surface area (Å²) < 4.78 is 42.6. The largest absolute Gasteiger partial charge is 0.508 e. The minimum Gasteiger partial charge on any atom is -0.508 e. The number of hydrogen-bond donors (Lipinski definition) is 4. The molecule has 0 aliphatic carbocycles. The molecular weight excluding hydrogens is 471 g/mol. The lowest BCUT2D eigenvalue weighted by molar-refractivity contribution is -0.137. The molecule has 0 radical (unpaired) electrons. The highest BCUT2D eigenvalue weighted by atomic mass is 19.4. The predicted molar refractivity (Wildman–Crippen MR) is 132 cm³/mol. The van der Waals surface area contributed by atoms with Crippen LogP contribution in [0.4, 0.5) is 35.9 Å². The average molecular weight is 493 g/mol. The van der Waals surface area contributed by atoms with Crippen molar-refractivity contribution in [1.82, 2.24) is 0 Å². The zero-order valence-corrected chi connectivity index (χ0v) is 19.0. The summed E-state index contributed by atoms with van der Waals surface area (Å²) in [6.07, 6.45) is -4.35. The van der Waals surface area contributed by atoms with Crippen LogP contribution in [0.25, 0.3) is 0 Å². The highest BCUT2D eigenvalue weighted by Crippen LogP contribution is 2.31. The van der Waals surface area contributed by atoms with Gasteiger partial charge < -0.3 is 25.6 Å². The molecule has 184 valence electrons. The van der Waals surface area contributed by atoms with Crippen LogP contribution in [0.15, 0.2) is 91.0 Å². The van der Waals surface area contributed by atoms with Crippen LogP contribution >= 0.6 is 0 Å². The molecule has 0 atom stereocenters. The molecule has 9 heteroatoms.